The van der Waals surface area contributed by atoms with Crippen LogP contribution in [0.5, 0.6) is 0 Å². The first-order chi connectivity index (χ1) is 20.1. The molecule has 41 heavy (non-hydrogen) atoms. The summed E-state index contributed by atoms with van der Waals surface area (Å²) >= 11 is 0. The van der Waals surface area contributed by atoms with Gasteiger partial charge in [0.15, 0.2) is 11.6 Å². The predicted octanol–water partition coefficient (Wildman–Crippen LogP) is 4.55. The van der Waals surface area contributed by atoms with Crippen LogP contribution < -0.4 is 11.1 Å². The molecule has 0 aliphatic carbocycles. The van der Waals surface area contributed by atoms with E-state index in [1.807, 2.05) is 121 Å². The van der Waals surface area contributed by atoms with E-state index < -0.39 is 11.8 Å². The zero-order chi connectivity index (χ0) is 28.2. The maximum Gasteiger partial charge on any atom is 0.257 e. The maximum atomic E-state index is 14.0. The molecule has 0 unspecified atom stereocenters. The molecule has 7 heteroatoms. The Morgan fingerprint density at radius 2 is 1.10 bits per heavy atom. The van der Waals surface area contributed by atoms with E-state index in [2.05, 4.69) is 15.2 Å². The fraction of sp³-hybridized carbons (Fsp3) is 0.0882. The topological polar surface area (TPSA) is 103 Å². The minimum Gasteiger partial charge on any atom is -0.368 e. The van der Waals surface area contributed by atoms with Gasteiger partial charge in [0.05, 0.1) is 29.3 Å². The van der Waals surface area contributed by atoms with Crippen molar-refractivity contribution >= 4 is 29.4 Å². The van der Waals surface area contributed by atoms with Crippen molar-refractivity contribution in [3.8, 4) is 0 Å². The van der Waals surface area contributed by atoms with Gasteiger partial charge in [0.25, 0.3) is 5.78 Å². The van der Waals surface area contributed by atoms with Gasteiger partial charge in [0.1, 0.15) is 0 Å². The van der Waals surface area contributed by atoms with Crippen LogP contribution in [-0.4, -0.2) is 31.1 Å². The van der Waals surface area contributed by atoms with Crippen molar-refractivity contribution in [2.24, 2.45) is 0 Å². The molecule has 2 heterocycles. The first kappa shape index (κ1) is 25.8. The number of nitrogens with two attached hydrogens (primary N) is 1. The molecule has 0 aliphatic heterocycles. The summed E-state index contributed by atoms with van der Waals surface area (Å²) in [5.74, 6) is -0.923. The van der Waals surface area contributed by atoms with Crippen molar-refractivity contribution < 1.29 is 9.59 Å². The van der Waals surface area contributed by atoms with E-state index in [9.17, 15) is 9.59 Å². The quantitative estimate of drug-likeness (QED) is 0.290. The molecule has 4 aromatic carbocycles. The number of nitrogen functional groups attached to an aromatic ring is 1. The lowest BCUT2D eigenvalue weighted by atomic mass is 9.85. The summed E-state index contributed by atoms with van der Waals surface area (Å²) in [6.45, 7) is 0. The standard InChI is InChI=1S/C34H27N5O2/c35-33-37-38-34-36-27(21-29(40)31(23-13-5-1-6-14-23)24-15-7-2-8-16-24)28(39(33)34)22-30(41)32(25-17-9-3-10-18-25)26-19-11-4-12-20-26/h1-20,22,31-32H,21H2,(H2,35,37). The number of ketones is 2. The Morgan fingerprint density at radius 3 is 1.56 bits per heavy atom. The Kier molecular flexibility index (Phi) is 7.15. The summed E-state index contributed by atoms with van der Waals surface area (Å²) in [6.07, 6.45) is 1.50. The summed E-state index contributed by atoms with van der Waals surface area (Å²) in [7, 11) is 0. The highest BCUT2D eigenvalue weighted by Gasteiger charge is 2.26. The van der Waals surface area contributed by atoms with Crippen LogP contribution in [0.25, 0.3) is 11.9 Å². The number of rotatable bonds is 9. The normalized spacial score (nSPS) is 11.9. The fourth-order valence-corrected chi connectivity index (χ4v) is 5.33. The molecule has 6 aromatic rings. The van der Waals surface area contributed by atoms with Crippen LogP contribution >= 0.6 is 0 Å². The fourth-order valence-electron chi connectivity index (χ4n) is 5.33. The number of fused-ring (bicyclic) bond motifs is 1. The minimum atomic E-state index is -0.551. The third-order valence-electron chi connectivity index (χ3n) is 7.20. The minimum absolute atomic E-state index is 0.0162. The van der Waals surface area contributed by atoms with Crippen LogP contribution in [0.2, 0.25) is 0 Å². The van der Waals surface area contributed by atoms with Crippen LogP contribution in [0.1, 0.15) is 39.8 Å². The van der Waals surface area contributed by atoms with Crippen LogP contribution in [-0.2, 0) is 16.0 Å². The molecule has 0 spiro atoms. The molecule has 200 valence electrons. The molecule has 0 saturated heterocycles. The van der Waals surface area contributed by atoms with E-state index in [-0.39, 0.29) is 29.7 Å². The monoisotopic (exact) mass is 537 g/mol. The highest BCUT2D eigenvalue weighted by atomic mass is 16.1. The van der Waals surface area contributed by atoms with Gasteiger partial charge in [-0.1, -0.05) is 121 Å². The Labute approximate surface area is 237 Å². The molecule has 0 saturated carbocycles. The lowest BCUT2D eigenvalue weighted by Gasteiger charge is -2.17. The van der Waals surface area contributed by atoms with Crippen molar-refractivity contribution in [2.75, 3.05) is 5.73 Å². The maximum absolute atomic E-state index is 14.0. The van der Waals surface area contributed by atoms with Gasteiger partial charge in [-0.25, -0.2) is 9.38 Å². The van der Waals surface area contributed by atoms with Crippen molar-refractivity contribution in [3.63, 3.8) is 0 Å². The smallest absolute Gasteiger partial charge is 0.257 e. The Balaban J connectivity index is 1.45. The van der Waals surface area contributed by atoms with E-state index in [4.69, 9.17) is 5.73 Å². The summed E-state index contributed by atoms with van der Waals surface area (Å²) in [4.78, 5) is 32.6. The van der Waals surface area contributed by atoms with Gasteiger partial charge < -0.3 is 5.73 Å². The zero-order valence-corrected chi connectivity index (χ0v) is 22.2. The molecule has 0 atom stereocenters. The number of carbonyl (C=O) groups is 2. The van der Waals surface area contributed by atoms with Crippen molar-refractivity contribution in [2.45, 2.75) is 18.3 Å². The molecular formula is C34H27N5O2. The van der Waals surface area contributed by atoms with Crippen molar-refractivity contribution in [1.29, 1.82) is 0 Å². The van der Waals surface area contributed by atoms with Gasteiger partial charge in [0, 0.05) is 6.08 Å². The second kappa shape index (κ2) is 11.4. The van der Waals surface area contributed by atoms with E-state index in [0.717, 1.165) is 22.3 Å². The SMILES string of the molecule is Nc1nnc2nc(CC(=O)C(c3ccccc3)c3ccccc3)c(=CC(=O)C(c3ccccc3)c3ccccc3)n12. The van der Waals surface area contributed by atoms with Crippen molar-refractivity contribution in [3.05, 3.63) is 155 Å². The number of carbonyl (C=O) groups excluding carboxylic acids is 2. The summed E-state index contributed by atoms with van der Waals surface area (Å²) in [5, 5.41) is 8.43. The molecule has 0 amide bonds. The lowest BCUT2D eigenvalue weighted by Crippen LogP contribution is -2.24. The highest BCUT2D eigenvalue weighted by molar-refractivity contribution is 6.11. The van der Waals surface area contributed by atoms with E-state index in [1.54, 1.807) is 0 Å². The molecule has 7 nitrogen and oxygen atoms in total. The molecule has 2 N–H and O–H groups in total. The Hall–Kier alpha value is -5.43. The number of imidazole rings is 1. The number of hydrogen-bond acceptors (Lipinski definition) is 6. The predicted molar refractivity (Wildman–Crippen MR) is 158 cm³/mol. The van der Waals surface area contributed by atoms with E-state index in [0.29, 0.717) is 11.0 Å². The highest BCUT2D eigenvalue weighted by Crippen LogP contribution is 2.28. The zero-order valence-electron chi connectivity index (χ0n) is 22.2. The van der Waals surface area contributed by atoms with Gasteiger partial charge in [-0.05, 0) is 22.3 Å². The molecule has 0 fully saturated rings. The number of Topliss-reactive ketones (excluding diaryl/α,β-unsaturated/α-hetero) is 2. The van der Waals surface area contributed by atoms with Crippen LogP contribution in [0.3, 0.4) is 0 Å². The second-order valence-electron chi connectivity index (χ2n) is 9.84. The number of aromatic nitrogens is 4. The van der Waals surface area contributed by atoms with Crippen LogP contribution in [0.15, 0.2) is 121 Å². The third-order valence-corrected chi connectivity index (χ3v) is 7.20. The molecule has 6 rings (SSSR count). The molecule has 0 aliphatic rings. The molecular weight excluding hydrogens is 510 g/mol. The van der Waals surface area contributed by atoms with Gasteiger partial charge >= 0.3 is 0 Å². The Morgan fingerprint density at radius 1 is 0.659 bits per heavy atom. The van der Waals surface area contributed by atoms with Gasteiger partial charge in [0.2, 0.25) is 5.95 Å². The summed E-state index contributed by atoms with van der Waals surface area (Å²) in [6, 6.07) is 38.6. The van der Waals surface area contributed by atoms with Crippen LogP contribution in [0, 0.1) is 0 Å². The van der Waals surface area contributed by atoms with Gasteiger partial charge in [-0.3, -0.25) is 9.59 Å². The average Bonchev–Trinajstić information content (AvgIpc) is 3.54. The van der Waals surface area contributed by atoms with Crippen LogP contribution in [0.4, 0.5) is 5.95 Å². The molecule has 0 radical (unpaired) electrons. The van der Waals surface area contributed by atoms with Crippen molar-refractivity contribution in [1.82, 2.24) is 19.6 Å². The van der Waals surface area contributed by atoms with Gasteiger partial charge in [-0.15, -0.1) is 10.2 Å². The van der Waals surface area contributed by atoms with Gasteiger partial charge in [-0.2, -0.15) is 0 Å². The first-order valence-corrected chi connectivity index (χ1v) is 13.4. The first-order valence-electron chi connectivity index (χ1n) is 13.4. The van der Waals surface area contributed by atoms with E-state index >= 15 is 0 Å². The summed E-state index contributed by atoms with van der Waals surface area (Å²) in [5.41, 5.74) is 10.1. The average molecular weight is 538 g/mol. The molecule has 2 aromatic heterocycles. The number of anilines is 1. The molecule has 0 bridgehead atoms. The number of hydrogen-bond donors (Lipinski definition) is 1. The van der Waals surface area contributed by atoms with E-state index in [1.165, 1.54) is 10.5 Å². The lowest BCUT2D eigenvalue weighted by molar-refractivity contribution is -0.119. The second-order valence-corrected chi connectivity index (χ2v) is 9.84. The third kappa shape index (κ3) is 5.25. The summed E-state index contributed by atoms with van der Waals surface area (Å²) < 4.78 is 1.54. The number of nitrogens with zero attached hydrogens (tertiary/aromatic N) is 4. The Bertz CT molecular complexity index is 1780. The number of benzene rings is 4. The largest absolute Gasteiger partial charge is 0.368 e.